The van der Waals surface area contributed by atoms with E-state index in [1.165, 1.54) is 31.2 Å². The second-order valence-electron chi connectivity index (χ2n) is 6.80. The molecule has 0 radical (unpaired) electrons. The highest BCUT2D eigenvalue weighted by Crippen LogP contribution is 2.30. The molecule has 1 aliphatic heterocycles. The Balaban J connectivity index is 1.48. The van der Waals surface area contributed by atoms with E-state index in [2.05, 4.69) is 11.8 Å². The topological polar surface area (TPSA) is 32.7 Å². The number of hydrogen-bond acceptors (Lipinski definition) is 3. The predicted molar refractivity (Wildman–Crippen MR) is 84.7 cm³/mol. The van der Waals surface area contributed by atoms with Gasteiger partial charge < -0.3 is 14.7 Å². The van der Waals surface area contributed by atoms with E-state index < -0.39 is 5.60 Å². The number of aliphatic hydroxyl groups is 1. The number of hydrogen-bond donors (Lipinski definition) is 1. The molecule has 3 rings (SSSR count). The van der Waals surface area contributed by atoms with Crippen molar-refractivity contribution in [3.8, 4) is 5.75 Å². The molecule has 3 nitrogen and oxygen atoms in total. The lowest BCUT2D eigenvalue weighted by atomic mass is 9.91. The van der Waals surface area contributed by atoms with Gasteiger partial charge in [0.1, 0.15) is 18.0 Å². The molecule has 2 aliphatic rings. The minimum atomic E-state index is -0.653. The van der Waals surface area contributed by atoms with Crippen LogP contribution in [-0.2, 0) is 0 Å². The first-order valence-electron chi connectivity index (χ1n) is 8.31. The largest absolute Gasteiger partial charge is 0.491 e. The Kier molecular flexibility index (Phi) is 4.51. The van der Waals surface area contributed by atoms with Crippen LogP contribution < -0.4 is 4.74 Å². The van der Waals surface area contributed by atoms with E-state index in [-0.39, 0.29) is 0 Å². The van der Waals surface area contributed by atoms with Gasteiger partial charge in [-0.05, 0) is 44.7 Å². The molecule has 0 unspecified atom stereocenters. The second kappa shape index (κ2) is 6.37. The summed E-state index contributed by atoms with van der Waals surface area (Å²) < 4.78 is 5.80. The molecule has 1 N–H and O–H groups in total. The van der Waals surface area contributed by atoms with Crippen LogP contribution >= 0.6 is 0 Å². The predicted octanol–water partition coefficient (Wildman–Crippen LogP) is 3.14. The lowest BCUT2D eigenvalue weighted by Crippen LogP contribution is -2.50. The van der Waals surface area contributed by atoms with Gasteiger partial charge in [-0.15, -0.1) is 0 Å². The number of rotatable bonds is 4. The first kappa shape index (κ1) is 14.9. The average molecular weight is 289 g/mol. The average Bonchev–Trinajstić information content (AvgIpc) is 3.02. The third-order valence-electron chi connectivity index (χ3n) is 5.10. The van der Waals surface area contributed by atoms with Crippen molar-refractivity contribution in [1.82, 2.24) is 4.90 Å². The summed E-state index contributed by atoms with van der Waals surface area (Å²) in [5.41, 5.74) is 0.575. The van der Waals surface area contributed by atoms with Crippen LogP contribution in [0.5, 0.6) is 5.75 Å². The summed E-state index contributed by atoms with van der Waals surface area (Å²) in [5.74, 6) is 0.854. The van der Waals surface area contributed by atoms with Crippen molar-refractivity contribution in [2.24, 2.45) is 0 Å². The van der Waals surface area contributed by atoms with E-state index >= 15 is 0 Å². The molecule has 2 fully saturated rings. The normalized spacial score (nSPS) is 23.3. The fourth-order valence-electron chi connectivity index (χ4n) is 3.57. The third-order valence-corrected chi connectivity index (χ3v) is 5.10. The second-order valence-corrected chi connectivity index (χ2v) is 6.80. The fraction of sp³-hybridized carbons (Fsp3) is 0.667. The van der Waals surface area contributed by atoms with Gasteiger partial charge in [0.05, 0.1) is 0 Å². The zero-order valence-electron chi connectivity index (χ0n) is 13.1. The Hall–Kier alpha value is -1.06. The monoisotopic (exact) mass is 289 g/mol. The quantitative estimate of drug-likeness (QED) is 0.924. The Morgan fingerprint density at radius 3 is 2.38 bits per heavy atom. The molecule has 1 aromatic rings. The Bertz CT molecular complexity index is 443. The molecule has 1 saturated carbocycles. The van der Waals surface area contributed by atoms with Crippen molar-refractivity contribution in [1.29, 1.82) is 0 Å². The summed E-state index contributed by atoms with van der Waals surface area (Å²) in [6.45, 7) is 4.50. The fourth-order valence-corrected chi connectivity index (χ4v) is 3.57. The zero-order chi connectivity index (χ0) is 14.7. The molecule has 0 aromatic heterocycles. The van der Waals surface area contributed by atoms with Crippen molar-refractivity contribution in [3.63, 3.8) is 0 Å². The first-order valence-corrected chi connectivity index (χ1v) is 8.31. The minimum Gasteiger partial charge on any atom is -0.491 e. The maximum Gasteiger partial charge on any atom is 0.119 e. The molecule has 0 spiro atoms. The molecule has 0 amide bonds. The molecule has 0 atom stereocenters. The van der Waals surface area contributed by atoms with E-state index in [1.54, 1.807) is 0 Å². The zero-order valence-corrected chi connectivity index (χ0v) is 13.1. The highest BCUT2D eigenvalue weighted by Gasteiger charge is 2.35. The lowest BCUT2D eigenvalue weighted by molar-refractivity contribution is -0.0589. The van der Waals surface area contributed by atoms with Gasteiger partial charge in [0.25, 0.3) is 0 Å². The summed E-state index contributed by atoms with van der Waals surface area (Å²) in [4.78, 5) is 2.58. The van der Waals surface area contributed by atoms with E-state index in [4.69, 9.17) is 4.74 Å². The van der Waals surface area contributed by atoms with Gasteiger partial charge in [0, 0.05) is 19.1 Å². The minimum absolute atomic E-state index is 0.411. The number of ether oxygens (including phenoxy) is 1. The highest BCUT2D eigenvalue weighted by atomic mass is 16.5. The summed E-state index contributed by atoms with van der Waals surface area (Å²) in [6, 6.07) is 8.82. The first-order chi connectivity index (χ1) is 10.1. The van der Waals surface area contributed by atoms with Crippen LogP contribution in [-0.4, -0.2) is 41.3 Å². The van der Waals surface area contributed by atoms with Crippen molar-refractivity contribution in [2.75, 3.05) is 19.7 Å². The van der Waals surface area contributed by atoms with Crippen LogP contribution in [0.4, 0.5) is 0 Å². The summed E-state index contributed by atoms with van der Waals surface area (Å²) in [5, 5.41) is 10.7. The Labute approximate surface area is 127 Å². The van der Waals surface area contributed by atoms with Crippen LogP contribution in [0.2, 0.25) is 0 Å². The van der Waals surface area contributed by atoms with E-state index in [0.717, 1.165) is 37.7 Å². The van der Waals surface area contributed by atoms with Crippen molar-refractivity contribution >= 4 is 0 Å². The van der Waals surface area contributed by atoms with E-state index in [1.807, 2.05) is 24.3 Å². The van der Waals surface area contributed by atoms with Gasteiger partial charge in [0.2, 0.25) is 0 Å². The van der Waals surface area contributed by atoms with Crippen molar-refractivity contribution in [2.45, 2.75) is 57.1 Å². The molecular formula is C18H27NO2. The van der Waals surface area contributed by atoms with Gasteiger partial charge in [-0.25, -0.2) is 0 Å². The molecule has 1 aromatic carbocycles. The van der Waals surface area contributed by atoms with Crippen LogP contribution in [0, 0.1) is 6.92 Å². The summed E-state index contributed by atoms with van der Waals surface area (Å²) >= 11 is 0. The molecule has 0 bridgehead atoms. The Morgan fingerprint density at radius 2 is 1.76 bits per heavy atom. The van der Waals surface area contributed by atoms with E-state index in [0.29, 0.717) is 6.61 Å². The molecule has 3 heteroatoms. The van der Waals surface area contributed by atoms with Gasteiger partial charge in [-0.1, -0.05) is 30.5 Å². The van der Waals surface area contributed by atoms with Gasteiger partial charge >= 0.3 is 0 Å². The van der Waals surface area contributed by atoms with Crippen molar-refractivity contribution < 1.29 is 9.84 Å². The van der Waals surface area contributed by atoms with Crippen LogP contribution in [0.25, 0.3) is 0 Å². The SMILES string of the molecule is Cc1ccc(OCC2(O)CCN(C3CCCC3)CC2)cc1. The lowest BCUT2D eigenvalue weighted by Gasteiger charge is -2.40. The molecule has 1 aliphatic carbocycles. The molecule has 21 heavy (non-hydrogen) atoms. The maximum atomic E-state index is 10.7. The number of aryl methyl sites for hydroxylation is 1. The van der Waals surface area contributed by atoms with Crippen molar-refractivity contribution in [3.05, 3.63) is 29.8 Å². The van der Waals surface area contributed by atoms with E-state index in [9.17, 15) is 5.11 Å². The Morgan fingerprint density at radius 1 is 1.14 bits per heavy atom. The number of piperidine rings is 1. The van der Waals surface area contributed by atoms with Gasteiger partial charge in [-0.3, -0.25) is 0 Å². The summed E-state index contributed by atoms with van der Waals surface area (Å²) in [6.07, 6.45) is 7.10. The third kappa shape index (κ3) is 3.78. The summed E-state index contributed by atoms with van der Waals surface area (Å²) in [7, 11) is 0. The van der Waals surface area contributed by atoms with Gasteiger partial charge in [0.15, 0.2) is 0 Å². The number of benzene rings is 1. The molecule has 1 heterocycles. The number of nitrogens with zero attached hydrogens (tertiary/aromatic N) is 1. The van der Waals surface area contributed by atoms with Crippen LogP contribution in [0.15, 0.2) is 24.3 Å². The standard InChI is InChI=1S/C18H27NO2/c1-15-6-8-17(9-7-15)21-14-18(20)10-12-19(13-11-18)16-4-2-3-5-16/h6-9,16,20H,2-5,10-14H2,1H3. The number of likely N-dealkylation sites (tertiary alicyclic amines) is 1. The smallest absolute Gasteiger partial charge is 0.119 e. The van der Waals surface area contributed by atoms with Gasteiger partial charge in [-0.2, -0.15) is 0 Å². The van der Waals surface area contributed by atoms with Crippen LogP contribution in [0.3, 0.4) is 0 Å². The molecular weight excluding hydrogens is 262 g/mol. The maximum absolute atomic E-state index is 10.7. The molecule has 1 saturated heterocycles. The molecule has 116 valence electrons. The van der Waals surface area contributed by atoms with Crippen LogP contribution in [0.1, 0.15) is 44.1 Å². The highest BCUT2D eigenvalue weighted by molar-refractivity contribution is 5.26.